The van der Waals surface area contributed by atoms with E-state index < -0.39 is 17.5 Å². The van der Waals surface area contributed by atoms with Crippen LogP contribution in [-0.4, -0.2) is 18.4 Å². The molecule has 0 aliphatic heterocycles. The summed E-state index contributed by atoms with van der Waals surface area (Å²) in [7, 11) is 0. The lowest BCUT2D eigenvalue weighted by molar-refractivity contribution is -0.121. The Morgan fingerprint density at radius 3 is 2.42 bits per heavy atom. The SMILES string of the molecule is Cc1ccc(CNC(=O)CCCNC(=O)c2ccc(F)cc2F)cc1F. The smallest absolute Gasteiger partial charge is 0.254 e. The van der Waals surface area contributed by atoms with Crippen molar-refractivity contribution < 1.29 is 22.8 Å². The molecule has 26 heavy (non-hydrogen) atoms. The van der Waals surface area contributed by atoms with Gasteiger partial charge in [-0.3, -0.25) is 9.59 Å². The predicted molar refractivity (Wildman–Crippen MR) is 90.9 cm³/mol. The van der Waals surface area contributed by atoms with Gasteiger partial charge in [0.05, 0.1) is 5.56 Å². The average molecular weight is 364 g/mol. The summed E-state index contributed by atoms with van der Waals surface area (Å²) < 4.78 is 39.7. The lowest BCUT2D eigenvalue weighted by atomic mass is 10.1. The number of nitrogens with one attached hydrogen (secondary N) is 2. The first-order valence-corrected chi connectivity index (χ1v) is 8.12. The average Bonchev–Trinajstić information content (AvgIpc) is 2.59. The third kappa shape index (κ3) is 5.61. The van der Waals surface area contributed by atoms with E-state index in [9.17, 15) is 22.8 Å². The molecule has 2 rings (SSSR count). The highest BCUT2D eigenvalue weighted by Crippen LogP contribution is 2.10. The van der Waals surface area contributed by atoms with E-state index in [2.05, 4.69) is 10.6 Å². The van der Waals surface area contributed by atoms with Crippen molar-refractivity contribution in [2.75, 3.05) is 6.54 Å². The number of hydrogen-bond acceptors (Lipinski definition) is 2. The number of benzene rings is 2. The quantitative estimate of drug-likeness (QED) is 0.741. The second kappa shape index (κ2) is 9.03. The van der Waals surface area contributed by atoms with Gasteiger partial charge in [-0.15, -0.1) is 0 Å². The molecular formula is C19H19F3N2O2. The number of rotatable bonds is 7. The van der Waals surface area contributed by atoms with Gasteiger partial charge >= 0.3 is 0 Å². The monoisotopic (exact) mass is 364 g/mol. The number of amides is 2. The van der Waals surface area contributed by atoms with E-state index in [-0.39, 0.29) is 36.8 Å². The van der Waals surface area contributed by atoms with Gasteiger partial charge in [0.1, 0.15) is 17.5 Å². The summed E-state index contributed by atoms with van der Waals surface area (Å²) in [4.78, 5) is 23.5. The normalized spacial score (nSPS) is 10.5. The zero-order valence-corrected chi connectivity index (χ0v) is 14.2. The molecule has 2 amide bonds. The standard InChI is InChI=1S/C19H19F3N2O2/c1-12-4-5-13(9-16(12)21)11-24-18(25)3-2-8-23-19(26)15-7-6-14(20)10-17(15)22/h4-7,9-10H,2-3,8,11H2,1H3,(H,23,26)(H,24,25). The van der Waals surface area contributed by atoms with Crippen LogP contribution in [0.3, 0.4) is 0 Å². The summed E-state index contributed by atoms with van der Waals surface area (Å²) in [5.41, 5.74) is 0.937. The van der Waals surface area contributed by atoms with Crippen LogP contribution in [0.25, 0.3) is 0 Å². The van der Waals surface area contributed by atoms with Crippen LogP contribution in [0, 0.1) is 24.4 Å². The van der Waals surface area contributed by atoms with Crippen molar-refractivity contribution in [2.24, 2.45) is 0 Å². The largest absolute Gasteiger partial charge is 0.352 e. The Labute approximate surface area is 149 Å². The number of aryl methyl sites for hydroxylation is 1. The Bertz CT molecular complexity index is 809. The maximum Gasteiger partial charge on any atom is 0.254 e. The molecule has 0 fully saturated rings. The summed E-state index contributed by atoms with van der Waals surface area (Å²) in [6.07, 6.45) is 0.503. The molecule has 7 heteroatoms. The molecular weight excluding hydrogens is 345 g/mol. The van der Waals surface area contributed by atoms with Crippen LogP contribution in [0.5, 0.6) is 0 Å². The van der Waals surface area contributed by atoms with E-state index in [1.165, 1.54) is 6.07 Å². The molecule has 2 aromatic carbocycles. The second-order valence-corrected chi connectivity index (χ2v) is 5.84. The molecule has 0 bridgehead atoms. The summed E-state index contributed by atoms with van der Waals surface area (Å²) >= 11 is 0. The van der Waals surface area contributed by atoms with Gasteiger partial charge in [-0.2, -0.15) is 0 Å². The third-order valence-corrected chi connectivity index (χ3v) is 3.77. The van der Waals surface area contributed by atoms with E-state index >= 15 is 0 Å². The summed E-state index contributed by atoms with van der Waals surface area (Å²) in [6.45, 7) is 2.04. The van der Waals surface area contributed by atoms with Crippen LogP contribution >= 0.6 is 0 Å². The highest BCUT2D eigenvalue weighted by Gasteiger charge is 2.12. The van der Waals surface area contributed by atoms with Crippen LogP contribution in [0.4, 0.5) is 13.2 Å². The Hall–Kier alpha value is -2.83. The molecule has 2 N–H and O–H groups in total. The van der Waals surface area contributed by atoms with Gasteiger partial charge in [0, 0.05) is 25.6 Å². The maximum atomic E-state index is 13.5. The van der Waals surface area contributed by atoms with Crippen molar-refractivity contribution in [3.05, 3.63) is 70.5 Å². The Morgan fingerprint density at radius 1 is 0.962 bits per heavy atom. The fourth-order valence-corrected chi connectivity index (χ4v) is 2.26. The lowest BCUT2D eigenvalue weighted by Crippen LogP contribution is -2.28. The summed E-state index contributed by atoms with van der Waals surface area (Å²) in [6, 6.07) is 7.44. The Morgan fingerprint density at radius 2 is 1.73 bits per heavy atom. The minimum absolute atomic E-state index is 0.153. The van der Waals surface area contributed by atoms with Crippen molar-refractivity contribution in [3.63, 3.8) is 0 Å². The first-order chi connectivity index (χ1) is 12.4. The molecule has 2 aromatic rings. The molecule has 0 aromatic heterocycles. The molecule has 0 aliphatic carbocycles. The van der Waals surface area contributed by atoms with Gasteiger partial charge in [-0.05, 0) is 42.7 Å². The second-order valence-electron chi connectivity index (χ2n) is 5.84. The number of halogens is 3. The Kier molecular flexibility index (Phi) is 6.77. The molecule has 0 spiro atoms. The van der Waals surface area contributed by atoms with Crippen LogP contribution in [0.15, 0.2) is 36.4 Å². The number of carbonyl (C=O) groups is 2. The van der Waals surface area contributed by atoms with Gasteiger partial charge in [-0.1, -0.05) is 12.1 Å². The fraction of sp³-hybridized carbons (Fsp3) is 0.263. The molecule has 0 aliphatic rings. The van der Waals surface area contributed by atoms with Crippen LogP contribution in [0.2, 0.25) is 0 Å². The zero-order valence-electron chi connectivity index (χ0n) is 14.2. The molecule has 0 radical (unpaired) electrons. The van der Waals surface area contributed by atoms with Crippen molar-refractivity contribution in [3.8, 4) is 0 Å². The molecule has 0 atom stereocenters. The zero-order chi connectivity index (χ0) is 19.1. The number of hydrogen-bond donors (Lipinski definition) is 2. The van der Waals surface area contributed by atoms with Crippen LogP contribution in [-0.2, 0) is 11.3 Å². The van der Waals surface area contributed by atoms with E-state index in [1.807, 2.05) is 0 Å². The lowest BCUT2D eigenvalue weighted by Gasteiger charge is -2.08. The van der Waals surface area contributed by atoms with Gasteiger partial charge in [0.15, 0.2) is 0 Å². The molecule has 0 heterocycles. The minimum atomic E-state index is -0.939. The highest BCUT2D eigenvalue weighted by atomic mass is 19.1. The van der Waals surface area contributed by atoms with Gasteiger partial charge in [-0.25, -0.2) is 13.2 Å². The van der Waals surface area contributed by atoms with Crippen LogP contribution < -0.4 is 10.6 Å². The number of carbonyl (C=O) groups excluding carboxylic acids is 2. The highest BCUT2D eigenvalue weighted by molar-refractivity contribution is 5.94. The topological polar surface area (TPSA) is 58.2 Å². The first-order valence-electron chi connectivity index (χ1n) is 8.12. The maximum absolute atomic E-state index is 13.5. The van der Waals surface area contributed by atoms with E-state index in [1.54, 1.807) is 19.1 Å². The van der Waals surface area contributed by atoms with E-state index in [0.717, 1.165) is 12.1 Å². The van der Waals surface area contributed by atoms with E-state index in [4.69, 9.17) is 0 Å². The van der Waals surface area contributed by atoms with Gasteiger partial charge in [0.25, 0.3) is 5.91 Å². The predicted octanol–water partition coefficient (Wildman–Crippen LogP) is 3.24. The third-order valence-electron chi connectivity index (χ3n) is 3.77. The van der Waals surface area contributed by atoms with Crippen LogP contribution in [0.1, 0.15) is 34.3 Å². The van der Waals surface area contributed by atoms with Gasteiger partial charge in [0.2, 0.25) is 5.91 Å². The molecule has 138 valence electrons. The summed E-state index contributed by atoms with van der Waals surface area (Å²) in [5.74, 6) is -2.94. The molecule has 0 unspecified atom stereocenters. The summed E-state index contributed by atoms with van der Waals surface area (Å²) in [5, 5.41) is 5.13. The van der Waals surface area contributed by atoms with Crippen molar-refractivity contribution >= 4 is 11.8 Å². The minimum Gasteiger partial charge on any atom is -0.352 e. The van der Waals surface area contributed by atoms with Crippen molar-refractivity contribution in [1.29, 1.82) is 0 Å². The van der Waals surface area contributed by atoms with Gasteiger partial charge < -0.3 is 10.6 Å². The first kappa shape index (κ1) is 19.5. The van der Waals surface area contributed by atoms with E-state index in [0.29, 0.717) is 23.6 Å². The molecule has 4 nitrogen and oxygen atoms in total. The van der Waals surface area contributed by atoms with Crippen molar-refractivity contribution in [1.82, 2.24) is 10.6 Å². The van der Waals surface area contributed by atoms with Crippen molar-refractivity contribution in [2.45, 2.75) is 26.3 Å². The molecule has 0 saturated heterocycles. The fourth-order valence-electron chi connectivity index (χ4n) is 2.26. The molecule has 0 saturated carbocycles. The Balaban J connectivity index is 1.69.